The Hall–Kier alpha value is -1.47. The number of nitrogens with zero attached hydrogens (tertiary/aromatic N) is 4. The van der Waals surface area contributed by atoms with Crippen molar-refractivity contribution >= 4 is 5.91 Å². The maximum atomic E-state index is 12.1. The highest BCUT2D eigenvalue weighted by atomic mass is 16.5. The standard InChI is InChI=1S/C11H19N5O2/c1-9(11(17)16-3-5-18-6-4-16)12-7-10-14-13-8-15(10)2/h8-9,12H,3-7H2,1-2H3. The first kappa shape index (κ1) is 13.0. The number of carbonyl (C=O) groups excluding carboxylic acids is 1. The lowest BCUT2D eigenvalue weighted by Crippen LogP contribution is -2.49. The van der Waals surface area contributed by atoms with Crippen LogP contribution in [0.4, 0.5) is 0 Å². The van der Waals surface area contributed by atoms with Gasteiger partial charge in [0.15, 0.2) is 0 Å². The van der Waals surface area contributed by atoms with Gasteiger partial charge in [-0.2, -0.15) is 0 Å². The van der Waals surface area contributed by atoms with Crippen molar-refractivity contribution in [2.45, 2.75) is 19.5 Å². The van der Waals surface area contributed by atoms with E-state index in [2.05, 4.69) is 15.5 Å². The lowest BCUT2D eigenvalue weighted by Gasteiger charge is -2.29. The molecule has 0 bridgehead atoms. The first-order valence-corrected chi connectivity index (χ1v) is 6.11. The van der Waals surface area contributed by atoms with Crippen LogP contribution in [0.25, 0.3) is 0 Å². The van der Waals surface area contributed by atoms with Crippen LogP contribution >= 0.6 is 0 Å². The fraction of sp³-hybridized carbons (Fsp3) is 0.727. The third-order valence-electron chi connectivity index (χ3n) is 3.06. The molecule has 0 aromatic carbocycles. The Labute approximate surface area is 106 Å². The van der Waals surface area contributed by atoms with E-state index in [0.717, 1.165) is 5.82 Å². The van der Waals surface area contributed by atoms with Gasteiger partial charge in [-0.1, -0.05) is 0 Å². The number of amides is 1. The van der Waals surface area contributed by atoms with Crippen molar-refractivity contribution in [1.29, 1.82) is 0 Å². The highest BCUT2D eigenvalue weighted by molar-refractivity contribution is 5.81. The van der Waals surface area contributed by atoms with E-state index in [1.54, 1.807) is 6.33 Å². The van der Waals surface area contributed by atoms with E-state index in [0.29, 0.717) is 32.8 Å². The van der Waals surface area contributed by atoms with Gasteiger partial charge in [-0.25, -0.2) is 0 Å². The van der Waals surface area contributed by atoms with Crippen LogP contribution in [-0.4, -0.2) is 57.9 Å². The van der Waals surface area contributed by atoms with E-state index in [1.165, 1.54) is 0 Å². The molecule has 1 aromatic heterocycles. The third kappa shape index (κ3) is 3.05. The molecule has 2 rings (SSSR count). The van der Waals surface area contributed by atoms with Crippen LogP contribution in [0.5, 0.6) is 0 Å². The molecule has 2 heterocycles. The predicted octanol–water partition coefficient (Wildman–Crippen LogP) is -0.848. The SMILES string of the molecule is CC(NCc1nncn1C)C(=O)N1CCOCC1. The summed E-state index contributed by atoms with van der Waals surface area (Å²) in [4.78, 5) is 13.9. The van der Waals surface area contributed by atoms with Gasteiger partial charge in [0.25, 0.3) is 0 Å². The molecule has 100 valence electrons. The summed E-state index contributed by atoms with van der Waals surface area (Å²) in [5.41, 5.74) is 0. The van der Waals surface area contributed by atoms with Crippen LogP contribution in [0.3, 0.4) is 0 Å². The Morgan fingerprint density at radius 2 is 2.28 bits per heavy atom. The highest BCUT2D eigenvalue weighted by Crippen LogP contribution is 2.01. The molecule has 1 aliphatic heterocycles. The van der Waals surface area contributed by atoms with Crippen LogP contribution in [-0.2, 0) is 23.1 Å². The Balaban J connectivity index is 1.82. The van der Waals surface area contributed by atoms with E-state index < -0.39 is 0 Å². The number of hydrogen-bond acceptors (Lipinski definition) is 5. The van der Waals surface area contributed by atoms with Crippen molar-refractivity contribution in [3.05, 3.63) is 12.2 Å². The maximum Gasteiger partial charge on any atom is 0.239 e. The fourth-order valence-electron chi connectivity index (χ4n) is 1.86. The molecule has 0 radical (unpaired) electrons. The minimum atomic E-state index is -0.222. The van der Waals surface area contributed by atoms with Crippen LogP contribution in [0.15, 0.2) is 6.33 Å². The van der Waals surface area contributed by atoms with Gasteiger partial charge in [-0.15, -0.1) is 10.2 Å². The van der Waals surface area contributed by atoms with E-state index in [1.807, 2.05) is 23.4 Å². The number of aryl methyl sites for hydroxylation is 1. The molecular weight excluding hydrogens is 234 g/mol. The zero-order chi connectivity index (χ0) is 13.0. The zero-order valence-electron chi connectivity index (χ0n) is 10.8. The van der Waals surface area contributed by atoms with Crippen LogP contribution < -0.4 is 5.32 Å². The molecule has 18 heavy (non-hydrogen) atoms. The second-order valence-electron chi connectivity index (χ2n) is 4.40. The average molecular weight is 253 g/mol. The minimum Gasteiger partial charge on any atom is -0.378 e. The van der Waals surface area contributed by atoms with E-state index >= 15 is 0 Å². The number of aromatic nitrogens is 3. The average Bonchev–Trinajstić information content (AvgIpc) is 2.81. The summed E-state index contributed by atoms with van der Waals surface area (Å²) >= 11 is 0. The van der Waals surface area contributed by atoms with Crippen molar-refractivity contribution in [3.8, 4) is 0 Å². The quantitative estimate of drug-likeness (QED) is 0.757. The summed E-state index contributed by atoms with van der Waals surface area (Å²) in [6.07, 6.45) is 1.64. The number of rotatable bonds is 4. The summed E-state index contributed by atoms with van der Waals surface area (Å²) in [5, 5.41) is 10.9. The van der Waals surface area contributed by atoms with Crippen molar-refractivity contribution in [2.75, 3.05) is 26.3 Å². The fourth-order valence-corrected chi connectivity index (χ4v) is 1.86. The number of morpholine rings is 1. The molecule has 0 spiro atoms. The molecule has 1 aliphatic rings. The Bertz CT molecular complexity index is 400. The molecular formula is C11H19N5O2. The first-order chi connectivity index (χ1) is 8.68. The second-order valence-corrected chi connectivity index (χ2v) is 4.40. The smallest absolute Gasteiger partial charge is 0.239 e. The molecule has 0 saturated carbocycles. The Kier molecular flexibility index (Phi) is 4.27. The molecule has 0 aliphatic carbocycles. The minimum absolute atomic E-state index is 0.112. The first-order valence-electron chi connectivity index (χ1n) is 6.11. The van der Waals surface area contributed by atoms with Crippen molar-refractivity contribution < 1.29 is 9.53 Å². The Morgan fingerprint density at radius 1 is 1.56 bits per heavy atom. The van der Waals surface area contributed by atoms with Crippen molar-refractivity contribution in [2.24, 2.45) is 7.05 Å². The molecule has 1 atom stereocenters. The normalized spacial score (nSPS) is 17.8. The summed E-state index contributed by atoms with van der Waals surface area (Å²) in [7, 11) is 1.88. The maximum absolute atomic E-state index is 12.1. The summed E-state index contributed by atoms with van der Waals surface area (Å²) in [6, 6.07) is -0.222. The Morgan fingerprint density at radius 3 is 2.89 bits per heavy atom. The molecule has 1 aromatic rings. The second kappa shape index (κ2) is 5.92. The van der Waals surface area contributed by atoms with E-state index in [4.69, 9.17) is 4.74 Å². The molecule has 1 saturated heterocycles. The van der Waals surface area contributed by atoms with Crippen molar-refractivity contribution in [3.63, 3.8) is 0 Å². The van der Waals surface area contributed by atoms with Crippen LogP contribution in [0.1, 0.15) is 12.7 Å². The van der Waals surface area contributed by atoms with E-state index in [9.17, 15) is 4.79 Å². The van der Waals surface area contributed by atoms with Gasteiger partial charge in [0.2, 0.25) is 5.91 Å². The topological polar surface area (TPSA) is 72.3 Å². The van der Waals surface area contributed by atoms with Crippen LogP contribution in [0, 0.1) is 0 Å². The largest absolute Gasteiger partial charge is 0.378 e. The predicted molar refractivity (Wildman–Crippen MR) is 64.7 cm³/mol. The number of carbonyl (C=O) groups is 1. The number of ether oxygens (including phenoxy) is 1. The number of nitrogens with one attached hydrogen (secondary N) is 1. The van der Waals surface area contributed by atoms with Crippen molar-refractivity contribution in [1.82, 2.24) is 25.0 Å². The van der Waals surface area contributed by atoms with Gasteiger partial charge in [0.1, 0.15) is 12.2 Å². The van der Waals surface area contributed by atoms with Crippen LogP contribution in [0.2, 0.25) is 0 Å². The molecule has 1 amide bonds. The lowest BCUT2D eigenvalue weighted by atomic mass is 10.2. The summed E-state index contributed by atoms with van der Waals surface area (Å²) < 4.78 is 7.06. The van der Waals surface area contributed by atoms with Gasteiger partial charge < -0.3 is 14.2 Å². The molecule has 1 fully saturated rings. The number of hydrogen-bond donors (Lipinski definition) is 1. The summed E-state index contributed by atoms with van der Waals surface area (Å²) in [6.45, 7) is 5.01. The zero-order valence-corrected chi connectivity index (χ0v) is 10.8. The van der Waals surface area contributed by atoms with E-state index in [-0.39, 0.29) is 11.9 Å². The molecule has 1 N–H and O–H groups in total. The van der Waals surface area contributed by atoms with Gasteiger partial charge in [-0.05, 0) is 6.92 Å². The summed E-state index contributed by atoms with van der Waals surface area (Å²) in [5.74, 6) is 0.928. The molecule has 1 unspecified atom stereocenters. The molecule has 7 nitrogen and oxygen atoms in total. The molecule has 7 heteroatoms. The third-order valence-corrected chi connectivity index (χ3v) is 3.06. The van der Waals surface area contributed by atoms with Gasteiger partial charge >= 0.3 is 0 Å². The van der Waals surface area contributed by atoms with Gasteiger partial charge in [0.05, 0.1) is 25.8 Å². The lowest BCUT2D eigenvalue weighted by molar-refractivity contribution is -0.137. The monoisotopic (exact) mass is 253 g/mol. The highest BCUT2D eigenvalue weighted by Gasteiger charge is 2.22. The van der Waals surface area contributed by atoms with Gasteiger partial charge in [0, 0.05) is 20.1 Å². The van der Waals surface area contributed by atoms with Gasteiger partial charge in [-0.3, -0.25) is 10.1 Å².